The Morgan fingerprint density at radius 2 is 2.28 bits per heavy atom. The highest BCUT2D eigenvalue weighted by atomic mass is 79.9. The summed E-state index contributed by atoms with van der Waals surface area (Å²) in [6.45, 7) is 1.46. The summed E-state index contributed by atoms with van der Waals surface area (Å²) < 4.78 is 7.27. The average molecular weight is 377 g/mol. The average Bonchev–Trinajstić information content (AvgIpc) is 2.84. The maximum atomic E-state index is 12.3. The predicted octanol–water partition coefficient (Wildman–Crippen LogP) is 3.46. The minimum absolute atomic E-state index is 0.0127. The largest absolute Gasteiger partial charge is 0.376 e. The molecule has 2 rings (SSSR count). The van der Waals surface area contributed by atoms with Gasteiger partial charge < -0.3 is 9.64 Å². The summed E-state index contributed by atoms with van der Waals surface area (Å²) in [5.74, 6) is 0.0127. The molecule has 1 amide bonds. The fourth-order valence-electron chi connectivity index (χ4n) is 2.04. The number of ether oxygens (including phenoxy) is 1. The second-order valence-electron chi connectivity index (χ2n) is 4.44. The molecule has 5 heteroatoms. The van der Waals surface area contributed by atoms with E-state index in [4.69, 9.17) is 4.74 Å². The Kier molecular flexibility index (Phi) is 4.81. The van der Waals surface area contributed by atoms with Crippen LogP contribution in [0.25, 0.3) is 0 Å². The zero-order chi connectivity index (χ0) is 13.1. The van der Waals surface area contributed by atoms with Crippen molar-refractivity contribution in [2.24, 2.45) is 0 Å². The standard InChI is InChI=1S/C13H15Br2NO2/c1-16(8-10-3-2-6-18-10)13(17)11-7-9(14)4-5-12(11)15/h4-5,7,10H,2-3,6,8H2,1H3. The maximum absolute atomic E-state index is 12.3. The first-order valence-electron chi connectivity index (χ1n) is 5.90. The summed E-state index contributed by atoms with van der Waals surface area (Å²) in [5, 5.41) is 0. The number of hydrogen-bond donors (Lipinski definition) is 0. The summed E-state index contributed by atoms with van der Waals surface area (Å²) in [6.07, 6.45) is 2.31. The Morgan fingerprint density at radius 3 is 2.94 bits per heavy atom. The van der Waals surface area contributed by atoms with Gasteiger partial charge in [0.2, 0.25) is 0 Å². The van der Waals surface area contributed by atoms with Gasteiger partial charge in [-0.1, -0.05) is 15.9 Å². The van der Waals surface area contributed by atoms with E-state index in [1.54, 1.807) is 4.90 Å². The molecule has 1 aromatic carbocycles. The van der Waals surface area contributed by atoms with Gasteiger partial charge >= 0.3 is 0 Å². The maximum Gasteiger partial charge on any atom is 0.254 e. The molecule has 0 bridgehead atoms. The van der Waals surface area contributed by atoms with Gasteiger partial charge in [0.15, 0.2) is 0 Å². The smallest absolute Gasteiger partial charge is 0.254 e. The Labute approximate surface area is 124 Å². The van der Waals surface area contributed by atoms with Crippen molar-refractivity contribution in [2.75, 3.05) is 20.2 Å². The van der Waals surface area contributed by atoms with E-state index in [2.05, 4.69) is 31.9 Å². The second kappa shape index (κ2) is 6.17. The fourth-order valence-corrected chi connectivity index (χ4v) is 2.82. The number of amides is 1. The third kappa shape index (κ3) is 3.33. The number of hydrogen-bond acceptors (Lipinski definition) is 2. The molecule has 1 aliphatic heterocycles. The van der Waals surface area contributed by atoms with Crippen molar-refractivity contribution in [3.05, 3.63) is 32.7 Å². The molecule has 1 unspecified atom stereocenters. The fraction of sp³-hybridized carbons (Fsp3) is 0.462. The molecule has 1 saturated heterocycles. The van der Waals surface area contributed by atoms with Crippen LogP contribution in [-0.4, -0.2) is 37.1 Å². The van der Waals surface area contributed by atoms with E-state index in [-0.39, 0.29) is 12.0 Å². The summed E-state index contributed by atoms with van der Waals surface area (Å²) >= 11 is 6.80. The molecular formula is C13H15Br2NO2. The van der Waals surface area contributed by atoms with E-state index < -0.39 is 0 Å². The molecule has 1 heterocycles. The van der Waals surface area contributed by atoms with E-state index >= 15 is 0 Å². The Hall–Kier alpha value is -0.390. The first-order chi connectivity index (χ1) is 8.58. The molecule has 0 aliphatic carbocycles. The number of carbonyl (C=O) groups excluding carboxylic acids is 1. The van der Waals surface area contributed by atoms with E-state index in [0.29, 0.717) is 12.1 Å². The van der Waals surface area contributed by atoms with E-state index in [1.165, 1.54) is 0 Å². The molecule has 1 atom stereocenters. The predicted molar refractivity (Wildman–Crippen MR) is 77.8 cm³/mol. The Balaban J connectivity index is 2.07. The van der Waals surface area contributed by atoms with E-state index in [1.807, 2.05) is 25.2 Å². The highest BCUT2D eigenvalue weighted by molar-refractivity contribution is 9.11. The van der Waals surface area contributed by atoms with Crippen molar-refractivity contribution in [1.82, 2.24) is 4.90 Å². The van der Waals surface area contributed by atoms with Crippen LogP contribution in [0.1, 0.15) is 23.2 Å². The lowest BCUT2D eigenvalue weighted by molar-refractivity contribution is 0.0586. The molecule has 3 nitrogen and oxygen atoms in total. The quantitative estimate of drug-likeness (QED) is 0.808. The van der Waals surface area contributed by atoms with Gasteiger partial charge in [-0.15, -0.1) is 0 Å². The number of nitrogens with zero attached hydrogens (tertiary/aromatic N) is 1. The molecule has 0 radical (unpaired) electrons. The summed E-state index contributed by atoms with van der Waals surface area (Å²) in [6, 6.07) is 5.61. The number of rotatable bonds is 3. The van der Waals surface area contributed by atoms with Crippen molar-refractivity contribution in [1.29, 1.82) is 0 Å². The SMILES string of the molecule is CN(CC1CCCO1)C(=O)c1cc(Br)ccc1Br. The van der Waals surface area contributed by atoms with Crippen LogP contribution in [0.15, 0.2) is 27.1 Å². The zero-order valence-corrected chi connectivity index (χ0v) is 13.3. The van der Waals surface area contributed by atoms with Crippen LogP contribution in [0.4, 0.5) is 0 Å². The summed E-state index contributed by atoms with van der Waals surface area (Å²) in [5.41, 5.74) is 0.671. The summed E-state index contributed by atoms with van der Waals surface area (Å²) in [7, 11) is 1.82. The topological polar surface area (TPSA) is 29.5 Å². The van der Waals surface area contributed by atoms with Crippen LogP contribution in [0.3, 0.4) is 0 Å². The highest BCUT2D eigenvalue weighted by Crippen LogP contribution is 2.23. The van der Waals surface area contributed by atoms with Gasteiger partial charge in [-0.05, 0) is 47.0 Å². The molecule has 0 N–H and O–H groups in total. The lowest BCUT2D eigenvalue weighted by Crippen LogP contribution is -2.34. The van der Waals surface area contributed by atoms with Crippen molar-refractivity contribution in [2.45, 2.75) is 18.9 Å². The van der Waals surface area contributed by atoms with E-state index in [0.717, 1.165) is 28.4 Å². The van der Waals surface area contributed by atoms with Crippen molar-refractivity contribution >= 4 is 37.8 Å². The van der Waals surface area contributed by atoms with Crippen molar-refractivity contribution < 1.29 is 9.53 Å². The molecule has 1 aliphatic rings. The first-order valence-corrected chi connectivity index (χ1v) is 7.48. The van der Waals surface area contributed by atoms with Crippen LogP contribution in [0, 0.1) is 0 Å². The van der Waals surface area contributed by atoms with Crippen LogP contribution in [-0.2, 0) is 4.74 Å². The van der Waals surface area contributed by atoms with Gasteiger partial charge in [0, 0.05) is 29.1 Å². The number of halogens is 2. The Bertz CT molecular complexity index is 445. The Morgan fingerprint density at radius 1 is 1.50 bits per heavy atom. The molecule has 18 heavy (non-hydrogen) atoms. The second-order valence-corrected chi connectivity index (χ2v) is 6.21. The molecule has 0 saturated carbocycles. The van der Waals surface area contributed by atoms with Gasteiger partial charge in [0.1, 0.15) is 0 Å². The molecule has 0 spiro atoms. The van der Waals surface area contributed by atoms with Crippen LogP contribution < -0.4 is 0 Å². The normalized spacial score (nSPS) is 18.9. The molecule has 1 fully saturated rings. The zero-order valence-electron chi connectivity index (χ0n) is 10.2. The van der Waals surface area contributed by atoms with Crippen molar-refractivity contribution in [3.8, 4) is 0 Å². The number of benzene rings is 1. The molecular weight excluding hydrogens is 362 g/mol. The summed E-state index contributed by atoms with van der Waals surface area (Å²) in [4.78, 5) is 14.0. The monoisotopic (exact) mass is 375 g/mol. The van der Waals surface area contributed by atoms with Gasteiger partial charge in [0.25, 0.3) is 5.91 Å². The van der Waals surface area contributed by atoms with Crippen LogP contribution in [0.2, 0.25) is 0 Å². The van der Waals surface area contributed by atoms with Crippen LogP contribution >= 0.6 is 31.9 Å². The highest BCUT2D eigenvalue weighted by Gasteiger charge is 2.22. The number of likely N-dealkylation sites (N-methyl/N-ethyl adjacent to an activating group) is 1. The lowest BCUT2D eigenvalue weighted by Gasteiger charge is -2.21. The third-order valence-electron chi connectivity index (χ3n) is 3.01. The molecule has 1 aromatic rings. The third-order valence-corrected chi connectivity index (χ3v) is 4.19. The van der Waals surface area contributed by atoms with E-state index in [9.17, 15) is 4.79 Å². The molecule has 98 valence electrons. The van der Waals surface area contributed by atoms with Gasteiger partial charge in [-0.25, -0.2) is 0 Å². The molecule has 0 aromatic heterocycles. The van der Waals surface area contributed by atoms with Gasteiger partial charge in [-0.2, -0.15) is 0 Å². The van der Waals surface area contributed by atoms with Gasteiger partial charge in [0.05, 0.1) is 11.7 Å². The minimum atomic E-state index is 0.0127. The van der Waals surface area contributed by atoms with Gasteiger partial charge in [-0.3, -0.25) is 4.79 Å². The lowest BCUT2D eigenvalue weighted by atomic mass is 10.2. The first kappa shape index (κ1) is 14.0. The van der Waals surface area contributed by atoms with Crippen LogP contribution in [0.5, 0.6) is 0 Å². The number of carbonyl (C=O) groups is 1. The minimum Gasteiger partial charge on any atom is -0.376 e. The van der Waals surface area contributed by atoms with Crippen molar-refractivity contribution in [3.63, 3.8) is 0 Å².